The third-order valence-corrected chi connectivity index (χ3v) is 3.33. The van der Waals surface area contributed by atoms with Gasteiger partial charge in [0.05, 0.1) is 20.3 Å². The second-order valence-electron chi connectivity index (χ2n) is 3.68. The van der Waals surface area contributed by atoms with Crippen LogP contribution in [0.4, 0.5) is 0 Å². The number of thioether (sulfide) groups is 1. The van der Waals surface area contributed by atoms with Crippen molar-refractivity contribution in [2.45, 2.75) is 30.2 Å². The SMILES string of the molecule is CCCC(/C=N/NC)Sc1nc(OC)cc(OC)n1. The zero-order valence-electron chi connectivity index (χ0n) is 11.7. The van der Waals surface area contributed by atoms with E-state index < -0.39 is 0 Å². The van der Waals surface area contributed by atoms with E-state index in [2.05, 4.69) is 27.4 Å². The van der Waals surface area contributed by atoms with E-state index in [1.165, 1.54) is 0 Å². The Morgan fingerprint density at radius 1 is 1.37 bits per heavy atom. The summed E-state index contributed by atoms with van der Waals surface area (Å²) in [4.78, 5) is 8.60. The van der Waals surface area contributed by atoms with Crippen LogP contribution in [0.3, 0.4) is 0 Å². The molecule has 1 aromatic rings. The van der Waals surface area contributed by atoms with Gasteiger partial charge in [-0.15, -0.1) is 0 Å². The lowest BCUT2D eigenvalue weighted by Gasteiger charge is -2.10. The first-order valence-electron chi connectivity index (χ1n) is 6.07. The van der Waals surface area contributed by atoms with Crippen LogP contribution in [0.5, 0.6) is 11.8 Å². The molecule has 0 saturated heterocycles. The van der Waals surface area contributed by atoms with Crippen LogP contribution in [0.1, 0.15) is 19.8 Å². The molecular formula is C12H20N4O2S. The molecule has 0 aromatic carbocycles. The molecule has 0 amide bonds. The normalized spacial score (nSPS) is 12.4. The van der Waals surface area contributed by atoms with Crippen molar-refractivity contribution >= 4 is 18.0 Å². The van der Waals surface area contributed by atoms with E-state index in [0.717, 1.165) is 12.8 Å². The first-order chi connectivity index (χ1) is 9.23. The second kappa shape index (κ2) is 8.58. The molecule has 0 radical (unpaired) electrons. The van der Waals surface area contributed by atoms with Crippen LogP contribution in [0.15, 0.2) is 16.3 Å². The molecule has 6 nitrogen and oxygen atoms in total. The maximum atomic E-state index is 5.13. The minimum Gasteiger partial charge on any atom is -0.481 e. The van der Waals surface area contributed by atoms with Gasteiger partial charge in [-0.05, 0) is 6.42 Å². The maximum absolute atomic E-state index is 5.13. The third-order valence-electron chi connectivity index (χ3n) is 2.28. The second-order valence-corrected chi connectivity index (χ2v) is 4.89. The van der Waals surface area contributed by atoms with Crippen molar-refractivity contribution in [3.05, 3.63) is 6.07 Å². The maximum Gasteiger partial charge on any atom is 0.220 e. The molecule has 1 unspecified atom stereocenters. The summed E-state index contributed by atoms with van der Waals surface area (Å²) >= 11 is 1.54. The Morgan fingerprint density at radius 2 is 2.00 bits per heavy atom. The lowest BCUT2D eigenvalue weighted by Crippen LogP contribution is -2.08. The number of hydrogen-bond acceptors (Lipinski definition) is 7. The Labute approximate surface area is 118 Å². The number of rotatable bonds is 8. The van der Waals surface area contributed by atoms with Crippen molar-refractivity contribution in [2.24, 2.45) is 5.10 Å². The molecule has 0 bridgehead atoms. The van der Waals surface area contributed by atoms with Crippen LogP contribution < -0.4 is 14.9 Å². The molecule has 7 heteroatoms. The smallest absolute Gasteiger partial charge is 0.220 e. The molecule has 0 aliphatic rings. The Bertz CT molecular complexity index is 392. The van der Waals surface area contributed by atoms with Crippen molar-refractivity contribution < 1.29 is 9.47 Å². The van der Waals surface area contributed by atoms with E-state index in [1.54, 1.807) is 39.1 Å². The number of nitrogens with zero attached hydrogens (tertiary/aromatic N) is 3. The van der Waals surface area contributed by atoms with Gasteiger partial charge in [-0.25, -0.2) is 0 Å². The molecule has 0 spiro atoms. The van der Waals surface area contributed by atoms with Crippen LogP contribution in [0, 0.1) is 0 Å². The van der Waals surface area contributed by atoms with Crippen LogP contribution in [0.25, 0.3) is 0 Å². The van der Waals surface area contributed by atoms with E-state index in [0.29, 0.717) is 16.9 Å². The Hall–Kier alpha value is -1.50. The molecule has 0 aliphatic carbocycles. The lowest BCUT2D eigenvalue weighted by atomic mass is 10.3. The highest BCUT2D eigenvalue weighted by molar-refractivity contribution is 8.00. The van der Waals surface area contributed by atoms with Crippen LogP contribution in [-0.4, -0.2) is 42.7 Å². The minimum absolute atomic E-state index is 0.217. The van der Waals surface area contributed by atoms with Gasteiger partial charge in [0.25, 0.3) is 0 Å². The Kier molecular flexibility index (Phi) is 7.02. The number of nitrogens with one attached hydrogen (secondary N) is 1. The first-order valence-corrected chi connectivity index (χ1v) is 6.95. The summed E-state index contributed by atoms with van der Waals surface area (Å²) in [7, 11) is 4.92. The highest BCUT2D eigenvalue weighted by Gasteiger charge is 2.12. The van der Waals surface area contributed by atoms with E-state index >= 15 is 0 Å². The third kappa shape index (κ3) is 5.34. The van der Waals surface area contributed by atoms with Crippen LogP contribution >= 0.6 is 11.8 Å². The van der Waals surface area contributed by atoms with Crippen molar-refractivity contribution in [3.8, 4) is 11.8 Å². The highest BCUT2D eigenvalue weighted by Crippen LogP contribution is 2.26. The quantitative estimate of drug-likeness (QED) is 0.341. The minimum atomic E-state index is 0.217. The summed E-state index contributed by atoms with van der Waals surface area (Å²) in [6.45, 7) is 2.13. The molecular weight excluding hydrogens is 264 g/mol. The number of aromatic nitrogens is 2. The molecule has 1 N–H and O–H groups in total. The van der Waals surface area contributed by atoms with Gasteiger partial charge in [0.15, 0.2) is 5.16 Å². The summed E-state index contributed by atoms with van der Waals surface area (Å²) in [5, 5.41) is 4.90. The van der Waals surface area contributed by atoms with E-state index in [4.69, 9.17) is 9.47 Å². The average Bonchev–Trinajstić information content (AvgIpc) is 2.44. The molecule has 1 atom stereocenters. The number of hydrogen-bond donors (Lipinski definition) is 1. The van der Waals surface area contributed by atoms with E-state index in [9.17, 15) is 0 Å². The van der Waals surface area contributed by atoms with Gasteiger partial charge in [0.1, 0.15) is 0 Å². The first kappa shape index (κ1) is 15.6. The van der Waals surface area contributed by atoms with E-state index in [-0.39, 0.29) is 5.25 Å². The largest absolute Gasteiger partial charge is 0.481 e. The van der Waals surface area contributed by atoms with Crippen molar-refractivity contribution in [1.29, 1.82) is 0 Å². The van der Waals surface area contributed by atoms with Gasteiger partial charge >= 0.3 is 0 Å². The van der Waals surface area contributed by atoms with Crippen molar-refractivity contribution in [2.75, 3.05) is 21.3 Å². The lowest BCUT2D eigenvalue weighted by molar-refractivity contribution is 0.364. The van der Waals surface area contributed by atoms with E-state index in [1.807, 2.05) is 6.21 Å². The van der Waals surface area contributed by atoms with Gasteiger partial charge in [0, 0.05) is 18.5 Å². The number of methoxy groups -OCH3 is 2. The average molecular weight is 284 g/mol. The molecule has 0 fully saturated rings. The van der Waals surface area contributed by atoms with Crippen LogP contribution in [-0.2, 0) is 0 Å². The Balaban J connectivity index is 2.85. The predicted molar refractivity (Wildman–Crippen MR) is 77.2 cm³/mol. The highest BCUT2D eigenvalue weighted by atomic mass is 32.2. The molecule has 106 valence electrons. The van der Waals surface area contributed by atoms with Crippen molar-refractivity contribution in [1.82, 2.24) is 15.4 Å². The predicted octanol–water partition coefficient (Wildman–Crippen LogP) is 1.96. The van der Waals surface area contributed by atoms with Gasteiger partial charge in [-0.1, -0.05) is 25.1 Å². The summed E-state index contributed by atoms with van der Waals surface area (Å²) in [6.07, 6.45) is 3.93. The molecule has 1 rings (SSSR count). The molecule has 19 heavy (non-hydrogen) atoms. The van der Waals surface area contributed by atoms with Crippen LogP contribution in [0.2, 0.25) is 0 Å². The summed E-state index contributed by atoms with van der Waals surface area (Å²) in [5.74, 6) is 0.991. The fourth-order valence-electron chi connectivity index (χ4n) is 1.39. The molecule has 0 saturated carbocycles. The zero-order chi connectivity index (χ0) is 14.1. The standard InChI is InChI=1S/C12H20N4O2S/c1-5-6-9(8-14-13-2)19-12-15-10(17-3)7-11(16-12)18-4/h7-9,13H,5-6H2,1-4H3/b14-8+. The zero-order valence-corrected chi connectivity index (χ0v) is 12.5. The van der Waals surface area contributed by atoms with Gasteiger partial charge in [0.2, 0.25) is 11.8 Å². The number of hydrazone groups is 1. The topological polar surface area (TPSA) is 68.6 Å². The fourth-order valence-corrected chi connectivity index (χ4v) is 2.42. The monoisotopic (exact) mass is 284 g/mol. The summed E-state index contributed by atoms with van der Waals surface area (Å²) in [5.41, 5.74) is 2.75. The molecule has 1 aromatic heterocycles. The van der Waals surface area contributed by atoms with Gasteiger partial charge in [-0.2, -0.15) is 15.1 Å². The summed E-state index contributed by atoms with van der Waals surface area (Å²) in [6, 6.07) is 1.65. The van der Waals surface area contributed by atoms with Crippen molar-refractivity contribution in [3.63, 3.8) is 0 Å². The Morgan fingerprint density at radius 3 is 2.47 bits per heavy atom. The van der Waals surface area contributed by atoms with Gasteiger partial charge < -0.3 is 14.9 Å². The molecule has 1 heterocycles. The number of ether oxygens (including phenoxy) is 2. The molecule has 0 aliphatic heterocycles. The summed E-state index contributed by atoms with van der Waals surface area (Å²) < 4.78 is 10.3. The van der Waals surface area contributed by atoms with Gasteiger partial charge in [-0.3, -0.25) is 0 Å². The fraction of sp³-hybridized carbons (Fsp3) is 0.583.